The quantitative estimate of drug-likeness (QED) is 0.0255. The number of phenols is 2. The van der Waals surface area contributed by atoms with Gasteiger partial charge in [-0.2, -0.15) is 0 Å². The van der Waals surface area contributed by atoms with Crippen molar-refractivity contribution in [3.8, 4) is 17.2 Å². The summed E-state index contributed by atoms with van der Waals surface area (Å²) in [5, 5.41) is 90.5. The van der Waals surface area contributed by atoms with Crippen molar-refractivity contribution in [1.29, 1.82) is 0 Å². The van der Waals surface area contributed by atoms with Crippen LogP contribution in [-0.2, 0) is 73.1 Å². The number of hydrogen-bond donors (Lipinski definition) is 12. The van der Waals surface area contributed by atoms with Crippen LogP contribution in [0, 0.1) is 5.92 Å². The molecule has 0 unspecified atom stereocenters. The number of ether oxygens (including phenoxy) is 8. The fraction of sp³-hybridized carbons (Fsp3) is 0.589. The number of ketones is 2. The van der Waals surface area contributed by atoms with E-state index in [-0.39, 0.29) is 53.4 Å². The van der Waals surface area contributed by atoms with E-state index in [1.807, 2.05) is 0 Å². The van der Waals surface area contributed by atoms with Gasteiger partial charge in [-0.3, -0.25) is 53.0 Å². The number of imide groups is 1. The Labute approximate surface area is 496 Å². The molecule has 0 saturated carbocycles. The highest BCUT2D eigenvalue weighted by Gasteiger charge is 2.56. The molecule has 5 aliphatic heterocycles. The van der Waals surface area contributed by atoms with Crippen LogP contribution in [0.4, 0.5) is 0 Å². The lowest BCUT2D eigenvalue weighted by Gasteiger charge is -2.43. The van der Waals surface area contributed by atoms with Crippen molar-refractivity contribution in [3.05, 3.63) is 63.7 Å². The number of methoxy groups -OCH3 is 2. The number of fused-ring (bicyclic) bond motifs is 6. The van der Waals surface area contributed by atoms with Crippen molar-refractivity contribution in [2.75, 3.05) is 66.8 Å². The van der Waals surface area contributed by atoms with E-state index < -0.39 is 213 Å². The van der Waals surface area contributed by atoms with Gasteiger partial charge in [0.15, 0.2) is 30.9 Å². The Hall–Kier alpha value is -7.11. The highest BCUT2D eigenvalue weighted by molar-refractivity contribution is 6.31. The molecule has 31 nitrogen and oxygen atoms in total. The van der Waals surface area contributed by atoms with Gasteiger partial charge in [-0.25, -0.2) is 0 Å². The second kappa shape index (κ2) is 26.7. The van der Waals surface area contributed by atoms with E-state index in [0.29, 0.717) is 18.1 Å². The molecule has 12 N–H and O–H groups in total. The van der Waals surface area contributed by atoms with Crippen molar-refractivity contribution in [2.45, 2.75) is 138 Å². The van der Waals surface area contributed by atoms with Crippen LogP contribution < -0.4 is 31.3 Å². The first-order valence-electron chi connectivity index (χ1n) is 28.3. The van der Waals surface area contributed by atoms with Gasteiger partial charge in [0, 0.05) is 93.9 Å². The first-order valence-corrected chi connectivity index (χ1v) is 28.3. The van der Waals surface area contributed by atoms with Gasteiger partial charge < -0.3 is 100 Å². The van der Waals surface area contributed by atoms with Crippen LogP contribution in [0.2, 0.25) is 0 Å². The van der Waals surface area contributed by atoms with E-state index in [1.165, 1.54) is 32.4 Å². The molecular formula is C56H71N7O24. The summed E-state index contributed by atoms with van der Waals surface area (Å²) in [7, 11) is 2.78. The van der Waals surface area contributed by atoms with Crippen LogP contribution in [0.3, 0.4) is 0 Å². The third kappa shape index (κ3) is 12.9. The predicted octanol–water partition coefficient (Wildman–Crippen LogP) is -4.74. The zero-order valence-electron chi connectivity index (χ0n) is 48.0. The summed E-state index contributed by atoms with van der Waals surface area (Å²) in [6.45, 7) is 2.30. The third-order valence-electron chi connectivity index (χ3n) is 16.4. The number of carbonyl (C=O) groups excluding carboxylic acids is 9. The Morgan fingerprint density at radius 1 is 0.816 bits per heavy atom. The number of amides is 7. The van der Waals surface area contributed by atoms with Crippen molar-refractivity contribution in [1.82, 2.24) is 36.4 Å². The van der Waals surface area contributed by atoms with Crippen molar-refractivity contribution >= 4 is 52.9 Å². The van der Waals surface area contributed by atoms with Crippen molar-refractivity contribution in [3.63, 3.8) is 0 Å². The average molecular weight is 1230 g/mol. The van der Waals surface area contributed by atoms with Gasteiger partial charge in [-0.05, 0) is 18.9 Å². The topological polar surface area (TPSA) is 436 Å². The molecule has 0 aromatic heterocycles. The molecule has 0 radical (unpaired) electrons. The van der Waals surface area contributed by atoms with E-state index in [0.717, 1.165) is 12.2 Å². The first kappa shape index (κ1) is 64.4. The standard InChI is InChI=1S/C56H71N7O24/c1-23(2)41(61-32(65)11-12-57-33(66)20-63-34(67)9-10-35(63)68)51(77)60-27(22-83-53-48(75)47(74)44(71)31(21-64)86-53)50(76)58-13-14-59-55(78)56(79)18-26-38(46(73)40-39(43(26)70)42(69)25-7-6-8-29(80-4)37(25)45(40)72)30(19-56)85-36-17-28-49(24(3)84-36)87-52-54(81-5)82-16-15-62(28)52/h6-10,23-24,27-28,30-31,36,41,44,47-49,52-54,64,70-71,73-75,79H,11-22H2,1-5H3,(H,57,66)(H,58,76)(H,59,78)(H,60,77)(H,61,65)/t24-,27-,28-,30-,31+,36-,41-,44+,47-,48+,49+,52+,53+,54-,56-/m0/s1. The van der Waals surface area contributed by atoms with Gasteiger partial charge in [0.2, 0.25) is 29.4 Å². The summed E-state index contributed by atoms with van der Waals surface area (Å²) in [5.41, 5.74) is -4.48. The van der Waals surface area contributed by atoms with Crippen LogP contribution in [0.25, 0.3) is 0 Å². The smallest absolute Gasteiger partial charge is 0.254 e. The highest BCUT2D eigenvalue weighted by Crippen LogP contribution is 2.53. The summed E-state index contributed by atoms with van der Waals surface area (Å²) in [4.78, 5) is 123. The molecule has 2 aromatic carbocycles. The molecule has 0 spiro atoms. The van der Waals surface area contributed by atoms with Crippen LogP contribution in [0.5, 0.6) is 17.2 Å². The van der Waals surface area contributed by atoms with Gasteiger partial charge in [-0.15, -0.1) is 0 Å². The Bertz CT molecular complexity index is 3050. The monoisotopic (exact) mass is 1230 g/mol. The zero-order chi connectivity index (χ0) is 62.9. The number of aliphatic hydroxyl groups is 5. The summed E-state index contributed by atoms with van der Waals surface area (Å²) in [6, 6.07) is 0.872. The maximum atomic E-state index is 14.4. The molecule has 474 valence electrons. The molecule has 31 heteroatoms. The molecule has 4 fully saturated rings. The number of morpholine rings is 1. The molecule has 2 aliphatic carbocycles. The summed E-state index contributed by atoms with van der Waals surface area (Å²) >= 11 is 0. The molecule has 5 heterocycles. The first-order chi connectivity index (χ1) is 41.4. The maximum absolute atomic E-state index is 14.4. The third-order valence-corrected chi connectivity index (χ3v) is 16.4. The summed E-state index contributed by atoms with van der Waals surface area (Å²) in [6.07, 6.45) is -13.4. The van der Waals surface area contributed by atoms with Crippen LogP contribution in [0.15, 0.2) is 30.4 Å². The number of phenolic OH excluding ortho intramolecular Hbond substituents is 2. The second-order valence-electron chi connectivity index (χ2n) is 22.3. The Kier molecular flexibility index (Phi) is 19.8. The van der Waals surface area contributed by atoms with Crippen molar-refractivity contribution < 1.29 is 117 Å². The lowest BCUT2D eigenvalue weighted by molar-refractivity contribution is -0.301. The van der Waals surface area contributed by atoms with E-state index in [2.05, 4.69) is 31.5 Å². The lowest BCUT2D eigenvalue weighted by Crippen LogP contribution is -2.61. The molecule has 7 amide bonds. The van der Waals surface area contributed by atoms with Crippen LogP contribution in [-0.4, -0.2) is 251 Å². The van der Waals surface area contributed by atoms with Crippen LogP contribution in [0.1, 0.15) is 89.1 Å². The predicted molar refractivity (Wildman–Crippen MR) is 290 cm³/mol. The SMILES string of the molecule is COc1cccc2c1C(=O)c1c(O)c3c(c(O)c1C2=O)C[C@@](O)(C(=O)NCCNC(=O)[C@H](CO[C@@H]1O[C@H](CO)[C@@H](O)[C@H](O)[C@H]1O)NC(=O)[C@@H](NC(=O)CCNC(=O)CN1C(=O)C=CC1=O)C(C)C)C[C@@H]3O[C@H]1C[C@H]2[C@H](O[C@@H]3[C@@H](OC)OCCN32)[C@H](C)O1. The molecule has 15 atom stereocenters. The number of aromatic hydroxyl groups is 2. The van der Waals surface area contributed by atoms with E-state index in [1.54, 1.807) is 20.8 Å². The number of nitrogens with one attached hydrogen (secondary N) is 5. The average Bonchev–Trinajstić information content (AvgIpc) is 1.29. The highest BCUT2D eigenvalue weighted by atomic mass is 16.7. The Morgan fingerprint density at radius 2 is 1.53 bits per heavy atom. The van der Waals surface area contributed by atoms with Crippen LogP contribution >= 0.6 is 0 Å². The molecule has 87 heavy (non-hydrogen) atoms. The number of hydrogen-bond acceptors (Lipinski definition) is 25. The molecule has 2 aromatic rings. The fourth-order valence-electron chi connectivity index (χ4n) is 11.9. The zero-order valence-corrected chi connectivity index (χ0v) is 48.0. The number of nitrogens with zero attached hydrogens (tertiary/aromatic N) is 2. The minimum atomic E-state index is -2.52. The Balaban J connectivity index is 0.905. The van der Waals surface area contributed by atoms with Gasteiger partial charge in [0.05, 0.1) is 55.8 Å². The Morgan fingerprint density at radius 3 is 2.22 bits per heavy atom. The number of rotatable bonds is 22. The maximum Gasteiger partial charge on any atom is 0.254 e. The normalized spacial score (nSPS) is 29.9. The van der Waals surface area contributed by atoms with E-state index >= 15 is 0 Å². The minimum Gasteiger partial charge on any atom is -0.507 e. The van der Waals surface area contributed by atoms with Gasteiger partial charge >= 0.3 is 0 Å². The molecule has 9 rings (SSSR count). The van der Waals surface area contributed by atoms with E-state index in [9.17, 15) is 78.9 Å². The lowest BCUT2D eigenvalue weighted by atomic mass is 9.72. The van der Waals surface area contributed by atoms with E-state index in [4.69, 9.17) is 37.9 Å². The van der Waals surface area contributed by atoms with Gasteiger partial charge in [0.1, 0.15) is 72.0 Å². The molecule has 7 aliphatic rings. The molecule has 4 saturated heterocycles. The summed E-state index contributed by atoms with van der Waals surface area (Å²) in [5.74, 6) is -9.80. The molecule has 0 bridgehead atoms. The second-order valence-corrected chi connectivity index (χ2v) is 22.3. The number of carbonyl (C=O) groups is 9. The number of benzene rings is 2. The minimum absolute atomic E-state index is 0.0215. The largest absolute Gasteiger partial charge is 0.507 e. The summed E-state index contributed by atoms with van der Waals surface area (Å²) < 4.78 is 47.0. The molecular weight excluding hydrogens is 1150 g/mol. The van der Waals surface area contributed by atoms with Crippen molar-refractivity contribution in [2.24, 2.45) is 5.92 Å². The van der Waals surface area contributed by atoms with Gasteiger partial charge in [-0.1, -0.05) is 26.0 Å². The van der Waals surface area contributed by atoms with Gasteiger partial charge in [0.25, 0.3) is 17.7 Å². The fourth-order valence-corrected chi connectivity index (χ4v) is 11.9. The number of aliphatic hydroxyl groups excluding tert-OH is 4.